The van der Waals surface area contributed by atoms with Crippen LogP contribution in [0.5, 0.6) is 0 Å². The third-order valence-electron chi connectivity index (χ3n) is 2.74. The normalized spacial score (nSPS) is 8.61. The standard InChI is InChI=1S/2C7H6O2.C5H6O5/c2*8-7(9)6-4-2-1-3-5-6;1-10-2-3(4(6)7)5(8)9/h2*1-5H,(H,8,9);2H,1H3,(H,6,7)(H,8,9). The number of hydrogen-bond donors (Lipinski definition) is 4. The van der Waals surface area contributed by atoms with Crippen molar-refractivity contribution in [2.75, 3.05) is 7.11 Å². The Morgan fingerprint density at radius 2 is 1.00 bits per heavy atom. The molecule has 0 amide bonds. The minimum atomic E-state index is -1.52. The molecule has 148 valence electrons. The van der Waals surface area contributed by atoms with Crippen LogP contribution in [0.4, 0.5) is 0 Å². The van der Waals surface area contributed by atoms with Gasteiger partial charge in [-0.2, -0.15) is 0 Å². The summed E-state index contributed by atoms with van der Waals surface area (Å²) >= 11 is 0. The molecule has 0 bridgehead atoms. The van der Waals surface area contributed by atoms with Crippen molar-refractivity contribution in [3.63, 3.8) is 0 Å². The lowest BCUT2D eigenvalue weighted by molar-refractivity contribution is -0.140. The van der Waals surface area contributed by atoms with Crippen LogP contribution in [-0.2, 0) is 14.3 Å². The fraction of sp³-hybridized carbons (Fsp3) is 0.0526. The molecule has 28 heavy (non-hydrogen) atoms. The van der Waals surface area contributed by atoms with E-state index in [0.717, 1.165) is 0 Å². The topological polar surface area (TPSA) is 158 Å². The SMILES string of the molecule is COC=C(C(=O)O)C(=O)O.O=C(O)c1ccccc1.O=C(O)c1ccccc1. The van der Waals surface area contributed by atoms with Crippen LogP contribution >= 0.6 is 0 Å². The molecule has 0 aliphatic heterocycles. The summed E-state index contributed by atoms with van der Waals surface area (Å²) in [5.74, 6) is -4.80. The van der Waals surface area contributed by atoms with Gasteiger partial charge in [-0.3, -0.25) is 0 Å². The lowest BCUT2D eigenvalue weighted by atomic mass is 10.2. The van der Waals surface area contributed by atoms with Gasteiger partial charge in [-0.15, -0.1) is 0 Å². The Hall–Kier alpha value is -4.14. The van der Waals surface area contributed by atoms with Gasteiger partial charge in [0.05, 0.1) is 18.2 Å². The van der Waals surface area contributed by atoms with Crippen LogP contribution in [0.1, 0.15) is 20.7 Å². The number of aromatic carboxylic acids is 2. The van der Waals surface area contributed by atoms with Gasteiger partial charge in [0.15, 0.2) is 5.57 Å². The molecule has 0 radical (unpaired) electrons. The maximum Gasteiger partial charge on any atom is 0.346 e. The van der Waals surface area contributed by atoms with E-state index in [1.807, 2.05) is 0 Å². The highest BCUT2D eigenvalue weighted by Crippen LogP contribution is 1.97. The van der Waals surface area contributed by atoms with E-state index in [2.05, 4.69) is 4.74 Å². The number of methoxy groups -OCH3 is 1. The second kappa shape index (κ2) is 13.1. The van der Waals surface area contributed by atoms with Gasteiger partial charge >= 0.3 is 23.9 Å². The third-order valence-corrected chi connectivity index (χ3v) is 2.74. The molecule has 0 saturated heterocycles. The van der Waals surface area contributed by atoms with E-state index in [0.29, 0.717) is 17.4 Å². The zero-order valence-electron chi connectivity index (χ0n) is 14.7. The van der Waals surface area contributed by atoms with Crippen molar-refractivity contribution in [3.8, 4) is 0 Å². The molecule has 2 aromatic rings. The van der Waals surface area contributed by atoms with Crippen molar-refractivity contribution < 1.29 is 44.3 Å². The van der Waals surface area contributed by atoms with Gasteiger partial charge in [0.2, 0.25) is 0 Å². The van der Waals surface area contributed by atoms with E-state index in [-0.39, 0.29) is 0 Å². The van der Waals surface area contributed by atoms with Gasteiger partial charge in [-0.1, -0.05) is 36.4 Å². The summed E-state index contributed by atoms with van der Waals surface area (Å²) in [7, 11) is 1.17. The lowest BCUT2D eigenvalue weighted by Crippen LogP contribution is -2.11. The highest BCUT2D eigenvalue weighted by Gasteiger charge is 2.15. The molecule has 0 aromatic heterocycles. The molecule has 4 N–H and O–H groups in total. The molecule has 0 unspecified atom stereocenters. The van der Waals surface area contributed by atoms with Crippen LogP contribution in [0.3, 0.4) is 0 Å². The number of carbonyl (C=O) groups is 4. The summed E-state index contributed by atoms with van der Waals surface area (Å²) in [5.41, 5.74) is -0.127. The third kappa shape index (κ3) is 9.99. The summed E-state index contributed by atoms with van der Waals surface area (Å²) in [6.45, 7) is 0. The van der Waals surface area contributed by atoms with Crippen LogP contribution in [0, 0.1) is 0 Å². The van der Waals surface area contributed by atoms with Crippen LogP contribution in [0.25, 0.3) is 0 Å². The summed E-state index contributed by atoms with van der Waals surface area (Å²) in [6.07, 6.45) is 0.657. The predicted octanol–water partition coefficient (Wildman–Crippen LogP) is 2.46. The van der Waals surface area contributed by atoms with Crippen molar-refractivity contribution in [3.05, 3.63) is 83.6 Å². The van der Waals surface area contributed by atoms with Gasteiger partial charge in [0, 0.05) is 0 Å². The molecule has 0 aliphatic carbocycles. The Morgan fingerprint density at radius 1 is 0.679 bits per heavy atom. The van der Waals surface area contributed by atoms with Gasteiger partial charge < -0.3 is 25.2 Å². The number of hydrogen-bond acceptors (Lipinski definition) is 5. The maximum absolute atomic E-state index is 10.2. The number of carboxylic acid groups (broad SMARTS) is 4. The van der Waals surface area contributed by atoms with E-state index in [1.165, 1.54) is 7.11 Å². The quantitative estimate of drug-likeness (QED) is 0.260. The molecule has 9 nitrogen and oxygen atoms in total. The minimum Gasteiger partial charge on any atom is -0.503 e. The van der Waals surface area contributed by atoms with Crippen LogP contribution in [0.2, 0.25) is 0 Å². The summed E-state index contributed by atoms with van der Waals surface area (Å²) in [4.78, 5) is 40.4. The van der Waals surface area contributed by atoms with E-state index in [1.54, 1.807) is 60.7 Å². The van der Waals surface area contributed by atoms with E-state index < -0.39 is 29.5 Å². The van der Waals surface area contributed by atoms with Crippen LogP contribution < -0.4 is 0 Å². The molecule has 0 heterocycles. The highest BCUT2D eigenvalue weighted by molar-refractivity contribution is 6.12. The predicted molar refractivity (Wildman–Crippen MR) is 97.2 cm³/mol. The molecule has 2 rings (SSSR count). The maximum atomic E-state index is 10.2. The summed E-state index contributed by atoms with van der Waals surface area (Å²) in [6, 6.07) is 16.6. The fourth-order valence-corrected chi connectivity index (χ4v) is 1.47. The molecular formula is C19H18O9. The molecule has 0 spiro atoms. The number of ether oxygens (including phenoxy) is 1. The average Bonchev–Trinajstić information content (AvgIpc) is 2.68. The van der Waals surface area contributed by atoms with Gasteiger partial charge in [0.1, 0.15) is 6.26 Å². The minimum absolute atomic E-state index is 0.331. The Labute approximate surface area is 159 Å². The Kier molecular flexibility index (Phi) is 11.2. The van der Waals surface area contributed by atoms with Gasteiger partial charge in [-0.25, -0.2) is 19.2 Å². The molecular weight excluding hydrogens is 372 g/mol. The van der Waals surface area contributed by atoms with Crippen molar-refractivity contribution in [1.29, 1.82) is 0 Å². The first-order valence-electron chi connectivity index (χ1n) is 7.46. The van der Waals surface area contributed by atoms with Crippen molar-refractivity contribution >= 4 is 23.9 Å². The van der Waals surface area contributed by atoms with Crippen LogP contribution in [0.15, 0.2) is 72.5 Å². The van der Waals surface area contributed by atoms with Gasteiger partial charge in [0.25, 0.3) is 0 Å². The fourth-order valence-electron chi connectivity index (χ4n) is 1.47. The van der Waals surface area contributed by atoms with E-state index >= 15 is 0 Å². The second-order valence-electron chi connectivity index (χ2n) is 4.72. The Bertz CT molecular complexity index is 746. The number of rotatable bonds is 5. The van der Waals surface area contributed by atoms with E-state index in [9.17, 15) is 19.2 Å². The molecule has 0 aliphatic rings. The zero-order valence-corrected chi connectivity index (χ0v) is 14.7. The Balaban J connectivity index is 0.000000391. The van der Waals surface area contributed by atoms with Crippen molar-refractivity contribution in [1.82, 2.24) is 0 Å². The molecule has 0 atom stereocenters. The zero-order chi connectivity index (χ0) is 21.5. The molecule has 0 fully saturated rings. The first kappa shape index (κ1) is 23.9. The average molecular weight is 390 g/mol. The van der Waals surface area contributed by atoms with Crippen molar-refractivity contribution in [2.24, 2.45) is 0 Å². The smallest absolute Gasteiger partial charge is 0.346 e. The number of benzene rings is 2. The second-order valence-corrected chi connectivity index (χ2v) is 4.72. The highest BCUT2D eigenvalue weighted by atomic mass is 16.5. The first-order chi connectivity index (χ1) is 13.2. The van der Waals surface area contributed by atoms with Crippen LogP contribution in [-0.4, -0.2) is 51.4 Å². The van der Waals surface area contributed by atoms with Gasteiger partial charge in [-0.05, 0) is 24.3 Å². The Morgan fingerprint density at radius 3 is 1.14 bits per heavy atom. The molecule has 0 saturated carbocycles. The largest absolute Gasteiger partial charge is 0.503 e. The number of aliphatic carboxylic acids is 2. The summed E-state index contributed by atoms with van der Waals surface area (Å²) < 4.78 is 4.20. The van der Waals surface area contributed by atoms with Crippen molar-refractivity contribution in [2.45, 2.75) is 0 Å². The lowest BCUT2D eigenvalue weighted by Gasteiger charge is -1.92. The summed E-state index contributed by atoms with van der Waals surface area (Å²) in [5, 5.41) is 33.1. The van der Waals surface area contributed by atoms with E-state index in [4.69, 9.17) is 20.4 Å². The number of carboxylic acids is 4. The molecule has 9 heteroatoms. The first-order valence-corrected chi connectivity index (χ1v) is 7.46. The monoisotopic (exact) mass is 390 g/mol. The molecule has 2 aromatic carbocycles.